The van der Waals surface area contributed by atoms with E-state index in [4.69, 9.17) is 4.74 Å². The molecule has 0 aromatic carbocycles. The molecule has 2 aliphatic rings. The van der Waals surface area contributed by atoms with Crippen LogP contribution in [0.3, 0.4) is 0 Å². The van der Waals surface area contributed by atoms with Crippen LogP contribution >= 0.6 is 11.3 Å². The van der Waals surface area contributed by atoms with Gasteiger partial charge in [-0.25, -0.2) is 4.98 Å². The molecule has 2 fully saturated rings. The van der Waals surface area contributed by atoms with E-state index in [1.165, 1.54) is 0 Å². The number of ether oxygens (including phenoxy) is 1. The molecule has 128 valence electrons. The van der Waals surface area contributed by atoms with E-state index in [-0.39, 0.29) is 18.1 Å². The monoisotopic (exact) mass is 338 g/mol. The van der Waals surface area contributed by atoms with Crippen molar-refractivity contribution in [3.63, 3.8) is 0 Å². The number of rotatable bonds is 5. The van der Waals surface area contributed by atoms with Crippen LogP contribution in [-0.2, 0) is 9.53 Å². The average molecular weight is 338 g/mol. The van der Waals surface area contributed by atoms with Gasteiger partial charge in [-0.3, -0.25) is 9.69 Å². The molecule has 3 atom stereocenters. The van der Waals surface area contributed by atoms with Gasteiger partial charge < -0.3 is 15.0 Å². The minimum Gasteiger partial charge on any atom is -0.376 e. The van der Waals surface area contributed by atoms with E-state index in [1.807, 2.05) is 18.5 Å². The van der Waals surface area contributed by atoms with Crippen LogP contribution in [0.5, 0.6) is 0 Å². The molecular weight excluding hydrogens is 312 g/mol. The predicted molar refractivity (Wildman–Crippen MR) is 91.9 cm³/mol. The molecule has 0 aliphatic carbocycles. The Kier molecular flexibility index (Phi) is 5.50. The van der Waals surface area contributed by atoms with Crippen LogP contribution in [0.25, 0.3) is 0 Å². The lowest BCUT2D eigenvalue weighted by Crippen LogP contribution is -2.57. The molecule has 3 heterocycles. The van der Waals surface area contributed by atoms with Crippen molar-refractivity contribution in [1.29, 1.82) is 0 Å². The zero-order valence-corrected chi connectivity index (χ0v) is 14.7. The lowest BCUT2D eigenvalue weighted by atomic mass is 10.1. The maximum absolute atomic E-state index is 12.4. The summed E-state index contributed by atoms with van der Waals surface area (Å²) in [6.07, 6.45) is 4.21. The van der Waals surface area contributed by atoms with Gasteiger partial charge in [0.25, 0.3) is 0 Å². The molecule has 1 N–H and O–H groups in total. The number of hydrogen-bond acceptors (Lipinski definition) is 6. The molecule has 1 amide bonds. The van der Waals surface area contributed by atoms with Crippen molar-refractivity contribution in [2.45, 2.75) is 44.9 Å². The quantitative estimate of drug-likeness (QED) is 0.878. The molecule has 23 heavy (non-hydrogen) atoms. The summed E-state index contributed by atoms with van der Waals surface area (Å²) in [5, 5.41) is 6.13. The second-order valence-corrected chi connectivity index (χ2v) is 7.28. The Labute approximate surface area is 141 Å². The van der Waals surface area contributed by atoms with E-state index in [2.05, 4.69) is 27.0 Å². The van der Waals surface area contributed by atoms with Crippen LogP contribution in [-0.4, -0.2) is 66.8 Å². The number of amides is 1. The van der Waals surface area contributed by atoms with Gasteiger partial charge in [-0.1, -0.05) is 0 Å². The third-order valence-corrected chi connectivity index (χ3v) is 5.59. The first-order valence-electron chi connectivity index (χ1n) is 8.44. The Morgan fingerprint density at radius 2 is 2.43 bits per heavy atom. The summed E-state index contributed by atoms with van der Waals surface area (Å²) in [5.74, 6) is 0.107. The van der Waals surface area contributed by atoms with Crippen LogP contribution in [0.4, 0.5) is 5.13 Å². The third-order valence-electron chi connectivity index (χ3n) is 4.78. The van der Waals surface area contributed by atoms with E-state index < -0.39 is 0 Å². The first kappa shape index (κ1) is 16.7. The Morgan fingerprint density at radius 1 is 1.57 bits per heavy atom. The lowest BCUT2D eigenvalue weighted by molar-refractivity contribution is -0.126. The number of carbonyl (C=O) groups is 1. The van der Waals surface area contributed by atoms with Gasteiger partial charge in [0.2, 0.25) is 5.91 Å². The second kappa shape index (κ2) is 7.59. The summed E-state index contributed by atoms with van der Waals surface area (Å²) in [5.41, 5.74) is 0. The number of aromatic nitrogens is 1. The molecule has 3 rings (SSSR count). The van der Waals surface area contributed by atoms with Gasteiger partial charge in [-0.05, 0) is 26.7 Å². The van der Waals surface area contributed by atoms with Crippen molar-refractivity contribution in [2.75, 3.05) is 37.7 Å². The minimum atomic E-state index is -0.0997. The fourth-order valence-corrected chi connectivity index (χ4v) is 4.08. The van der Waals surface area contributed by atoms with Gasteiger partial charge >= 0.3 is 0 Å². The molecule has 0 bridgehead atoms. The smallest absolute Gasteiger partial charge is 0.237 e. The number of nitrogens with one attached hydrogen (secondary N) is 1. The van der Waals surface area contributed by atoms with Crippen molar-refractivity contribution >= 4 is 22.4 Å². The molecule has 0 spiro atoms. The predicted octanol–water partition coefficient (Wildman–Crippen LogP) is 1.34. The molecule has 1 aromatic heterocycles. The van der Waals surface area contributed by atoms with Gasteiger partial charge in [0.05, 0.1) is 12.1 Å². The van der Waals surface area contributed by atoms with E-state index in [1.54, 1.807) is 11.3 Å². The summed E-state index contributed by atoms with van der Waals surface area (Å²) in [6.45, 7) is 8.34. The Bertz CT molecular complexity index is 504. The van der Waals surface area contributed by atoms with Crippen LogP contribution in [0, 0.1) is 0 Å². The fraction of sp³-hybridized carbons (Fsp3) is 0.750. The molecule has 0 unspecified atom stereocenters. The maximum Gasteiger partial charge on any atom is 0.237 e. The Balaban J connectivity index is 1.48. The highest BCUT2D eigenvalue weighted by Gasteiger charge is 2.30. The fourth-order valence-electron chi connectivity index (χ4n) is 3.31. The van der Waals surface area contributed by atoms with Crippen LogP contribution in [0.2, 0.25) is 0 Å². The largest absolute Gasteiger partial charge is 0.376 e. The van der Waals surface area contributed by atoms with E-state index in [0.717, 1.165) is 44.2 Å². The number of thiazole rings is 1. The summed E-state index contributed by atoms with van der Waals surface area (Å²) >= 11 is 1.67. The van der Waals surface area contributed by atoms with Gasteiger partial charge in [-0.2, -0.15) is 0 Å². The molecule has 7 heteroatoms. The lowest BCUT2D eigenvalue weighted by Gasteiger charge is -2.41. The zero-order valence-electron chi connectivity index (χ0n) is 13.9. The average Bonchev–Trinajstić information content (AvgIpc) is 3.25. The highest BCUT2D eigenvalue weighted by molar-refractivity contribution is 7.13. The van der Waals surface area contributed by atoms with Crippen molar-refractivity contribution in [3.8, 4) is 0 Å². The summed E-state index contributed by atoms with van der Waals surface area (Å²) in [7, 11) is 0. The third kappa shape index (κ3) is 4.02. The maximum atomic E-state index is 12.4. The molecule has 6 nitrogen and oxygen atoms in total. The van der Waals surface area contributed by atoms with Gasteiger partial charge in [-0.15, -0.1) is 11.3 Å². The molecule has 0 radical (unpaired) electrons. The Hall–Kier alpha value is -1.18. The number of nitrogens with zero attached hydrogens (tertiary/aromatic N) is 3. The molecule has 2 aliphatic heterocycles. The number of piperazine rings is 1. The minimum absolute atomic E-state index is 0.0997. The summed E-state index contributed by atoms with van der Waals surface area (Å²) in [6, 6.07) is 0.264. The van der Waals surface area contributed by atoms with Gasteiger partial charge in [0.1, 0.15) is 0 Å². The summed E-state index contributed by atoms with van der Waals surface area (Å²) in [4.78, 5) is 21.4. The molecule has 2 saturated heterocycles. The Morgan fingerprint density at radius 3 is 3.09 bits per heavy atom. The summed E-state index contributed by atoms with van der Waals surface area (Å²) < 4.78 is 5.56. The van der Waals surface area contributed by atoms with E-state index >= 15 is 0 Å². The van der Waals surface area contributed by atoms with Gasteiger partial charge in [0.15, 0.2) is 5.13 Å². The number of anilines is 1. The van der Waals surface area contributed by atoms with E-state index in [9.17, 15) is 4.79 Å². The SMILES string of the molecule is C[C@H](C(=O)NC[C@@H]1CCCO1)N1CCN(c2nccs2)[C@H](C)C1. The highest BCUT2D eigenvalue weighted by Crippen LogP contribution is 2.23. The van der Waals surface area contributed by atoms with Gasteiger partial charge in [0, 0.05) is 50.4 Å². The van der Waals surface area contributed by atoms with Crippen molar-refractivity contribution in [1.82, 2.24) is 15.2 Å². The van der Waals surface area contributed by atoms with Crippen molar-refractivity contribution in [3.05, 3.63) is 11.6 Å². The topological polar surface area (TPSA) is 57.7 Å². The van der Waals surface area contributed by atoms with Crippen molar-refractivity contribution < 1.29 is 9.53 Å². The zero-order chi connectivity index (χ0) is 16.2. The second-order valence-electron chi connectivity index (χ2n) is 6.41. The molecule has 0 saturated carbocycles. The van der Waals surface area contributed by atoms with E-state index in [0.29, 0.717) is 12.6 Å². The van der Waals surface area contributed by atoms with Crippen LogP contribution < -0.4 is 10.2 Å². The molecular formula is C16H26N4O2S. The molecule has 1 aromatic rings. The van der Waals surface area contributed by atoms with Crippen molar-refractivity contribution in [2.24, 2.45) is 0 Å². The highest BCUT2D eigenvalue weighted by atomic mass is 32.1. The first-order valence-corrected chi connectivity index (χ1v) is 9.32. The normalized spacial score (nSPS) is 27.1. The number of carbonyl (C=O) groups excluding carboxylic acids is 1. The van der Waals surface area contributed by atoms with Crippen LogP contribution in [0.15, 0.2) is 11.6 Å². The first-order chi connectivity index (χ1) is 11.1. The van der Waals surface area contributed by atoms with Crippen LogP contribution in [0.1, 0.15) is 26.7 Å². The number of hydrogen-bond donors (Lipinski definition) is 1. The standard InChI is InChI=1S/C16H26N4O2S/c1-12-11-19(6-7-20(12)16-17-5-9-23-16)13(2)15(21)18-10-14-4-3-8-22-14/h5,9,12-14H,3-4,6-8,10-11H2,1-2H3,(H,18,21)/t12-,13-,14+/m1/s1.